The van der Waals surface area contributed by atoms with Gasteiger partial charge >= 0.3 is 0 Å². The van der Waals surface area contributed by atoms with Crippen LogP contribution >= 0.6 is 0 Å². The van der Waals surface area contributed by atoms with Crippen LogP contribution in [-0.4, -0.2) is 24.5 Å². The van der Waals surface area contributed by atoms with Gasteiger partial charge in [-0.3, -0.25) is 4.68 Å². The molecule has 4 aromatic carbocycles. The molecule has 5 heteroatoms. The van der Waals surface area contributed by atoms with E-state index in [1.807, 2.05) is 24.1 Å². The lowest BCUT2D eigenvalue weighted by Gasteiger charge is -2.37. The van der Waals surface area contributed by atoms with Gasteiger partial charge in [0.25, 0.3) is 0 Å². The second-order valence-corrected chi connectivity index (χ2v) is 11.4. The van der Waals surface area contributed by atoms with Crippen LogP contribution in [0.1, 0.15) is 40.3 Å². The fourth-order valence-electron chi connectivity index (χ4n) is 6.49. The van der Waals surface area contributed by atoms with Gasteiger partial charge in [-0.25, -0.2) is 9.67 Å². The molecular formula is C39H35N5. The van der Waals surface area contributed by atoms with Crippen LogP contribution in [0.4, 0.5) is 0 Å². The predicted molar refractivity (Wildman–Crippen MR) is 179 cm³/mol. The fraction of sp³-hybridized carbons (Fsp3) is 0.154. The number of fused-ring (bicyclic) bond motifs is 1. The summed E-state index contributed by atoms with van der Waals surface area (Å²) < 4.78 is 4.04. The molecular weight excluding hydrogens is 538 g/mol. The number of aryl methyl sites for hydroxylation is 3. The SMILES string of the molecule is CCc1cc2c(nc1-c1cccc(C)c1C)c(-c1cnn(C)c1)nn2C(c1ccccc1)(c1ccccc1)c1ccccc1. The van der Waals surface area contributed by atoms with E-state index < -0.39 is 5.54 Å². The summed E-state index contributed by atoms with van der Waals surface area (Å²) >= 11 is 0. The molecule has 5 nitrogen and oxygen atoms in total. The van der Waals surface area contributed by atoms with Gasteiger partial charge in [0.2, 0.25) is 0 Å². The van der Waals surface area contributed by atoms with Crippen molar-refractivity contribution in [2.75, 3.05) is 0 Å². The van der Waals surface area contributed by atoms with Crippen molar-refractivity contribution in [3.05, 3.63) is 161 Å². The summed E-state index contributed by atoms with van der Waals surface area (Å²) in [5.41, 5.74) is 12.0. The van der Waals surface area contributed by atoms with Gasteiger partial charge in [-0.05, 0) is 59.7 Å². The summed E-state index contributed by atoms with van der Waals surface area (Å²) in [6, 6.07) is 40.9. The molecule has 3 aromatic heterocycles. The number of aromatic nitrogens is 5. The maximum Gasteiger partial charge on any atom is 0.138 e. The van der Waals surface area contributed by atoms with Crippen LogP contribution in [0, 0.1) is 13.8 Å². The average molecular weight is 574 g/mol. The van der Waals surface area contributed by atoms with Crippen molar-refractivity contribution in [3.8, 4) is 22.5 Å². The molecule has 0 atom stereocenters. The minimum atomic E-state index is -0.768. The van der Waals surface area contributed by atoms with Crippen molar-refractivity contribution in [2.24, 2.45) is 7.05 Å². The Morgan fingerprint density at radius 2 is 1.30 bits per heavy atom. The number of hydrogen-bond donors (Lipinski definition) is 0. The van der Waals surface area contributed by atoms with Crippen LogP contribution in [-0.2, 0) is 19.0 Å². The predicted octanol–water partition coefficient (Wildman–Crippen LogP) is 8.52. The third kappa shape index (κ3) is 4.35. The maximum atomic E-state index is 5.53. The molecule has 0 unspecified atom stereocenters. The summed E-state index contributed by atoms with van der Waals surface area (Å²) in [5.74, 6) is 0. The molecule has 0 spiro atoms. The molecule has 0 aliphatic rings. The Kier molecular flexibility index (Phi) is 6.94. The zero-order chi connectivity index (χ0) is 30.3. The van der Waals surface area contributed by atoms with Gasteiger partial charge in [0.05, 0.1) is 17.4 Å². The van der Waals surface area contributed by atoms with Crippen LogP contribution in [0.15, 0.2) is 128 Å². The first-order valence-corrected chi connectivity index (χ1v) is 15.2. The van der Waals surface area contributed by atoms with Crippen LogP contribution in [0.2, 0.25) is 0 Å². The lowest BCUT2D eigenvalue weighted by atomic mass is 9.77. The summed E-state index contributed by atoms with van der Waals surface area (Å²) in [5, 5.41) is 10.1. The topological polar surface area (TPSA) is 48.5 Å². The number of hydrogen-bond acceptors (Lipinski definition) is 3. The third-order valence-electron chi connectivity index (χ3n) is 8.85. The standard InChI is InChI=1S/C39H35N5/c1-5-29-24-35-38(41-36(29)34-23-15-16-27(2)28(34)3)37(30-25-40-43(4)26-30)42-44(35)39(31-17-9-6-10-18-31,32-19-11-7-12-20-32)33-21-13-8-14-22-33/h6-26H,5H2,1-4H3. The second kappa shape index (κ2) is 11.1. The first-order valence-electron chi connectivity index (χ1n) is 15.2. The van der Waals surface area contributed by atoms with Crippen molar-refractivity contribution >= 4 is 11.0 Å². The van der Waals surface area contributed by atoms with Crippen LogP contribution < -0.4 is 0 Å². The van der Waals surface area contributed by atoms with E-state index in [9.17, 15) is 0 Å². The van der Waals surface area contributed by atoms with E-state index in [0.29, 0.717) is 0 Å². The van der Waals surface area contributed by atoms with E-state index in [0.717, 1.165) is 56.7 Å². The molecule has 7 rings (SSSR count). The Morgan fingerprint density at radius 1 is 0.705 bits per heavy atom. The molecule has 0 fully saturated rings. The number of rotatable bonds is 7. The second-order valence-electron chi connectivity index (χ2n) is 11.4. The Labute approximate surface area is 258 Å². The molecule has 0 N–H and O–H groups in total. The number of benzene rings is 4. The monoisotopic (exact) mass is 573 g/mol. The maximum absolute atomic E-state index is 5.53. The van der Waals surface area contributed by atoms with Crippen molar-refractivity contribution < 1.29 is 0 Å². The lowest BCUT2D eigenvalue weighted by Crippen LogP contribution is -2.38. The Morgan fingerprint density at radius 3 is 1.82 bits per heavy atom. The molecule has 44 heavy (non-hydrogen) atoms. The van der Waals surface area contributed by atoms with E-state index in [1.54, 1.807) is 0 Å². The van der Waals surface area contributed by atoms with E-state index in [2.05, 4.69) is 146 Å². The van der Waals surface area contributed by atoms with Gasteiger partial charge < -0.3 is 0 Å². The fourth-order valence-corrected chi connectivity index (χ4v) is 6.49. The van der Waals surface area contributed by atoms with Crippen LogP contribution in [0.3, 0.4) is 0 Å². The molecule has 216 valence electrons. The Hall–Kier alpha value is -5.29. The molecule has 0 amide bonds. The summed E-state index contributed by atoms with van der Waals surface area (Å²) in [6.45, 7) is 6.56. The van der Waals surface area contributed by atoms with Crippen molar-refractivity contribution in [1.82, 2.24) is 24.5 Å². The van der Waals surface area contributed by atoms with Crippen LogP contribution in [0.5, 0.6) is 0 Å². The highest BCUT2D eigenvalue weighted by Crippen LogP contribution is 2.44. The first kappa shape index (κ1) is 27.5. The molecule has 0 bridgehead atoms. The summed E-state index contributed by atoms with van der Waals surface area (Å²) in [4.78, 5) is 5.50. The van der Waals surface area contributed by atoms with Crippen molar-refractivity contribution in [1.29, 1.82) is 0 Å². The highest BCUT2D eigenvalue weighted by atomic mass is 15.3. The van der Waals surface area contributed by atoms with Gasteiger partial charge in [0, 0.05) is 24.4 Å². The molecule has 7 aromatic rings. The minimum absolute atomic E-state index is 0.768. The average Bonchev–Trinajstić information content (AvgIpc) is 3.67. The van der Waals surface area contributed by atoms with Gasteiger partial charge in [0.15, 0.2) is 0 Å². The van der Waals surface area contributed by atoms with E-state index in [-0.39, 0.29) is 0 Å². The highest BCUT2D eigenvalue weighted by molar-refractivity contribution is 5.93. The Bertz CT molecular complexity index is 1980. The van der Waals surface area contributed by atoms with Crippen molar-refractivity contribution in [2.45, 2.75) is 32.7 Å². The molecule has 3 heterocycles. The zero-order valence-corrected chi connectivity index (χ0v) is 25.6. The molecule has 0 radical (unpaired) electrons. The highest BCUT2D eigenvalue weighted by Gasteiger charge is 2.41. The largest absolute Gasteiger partial charge is 0.275 e. The van der Waals surface area contributed by atoms with Gasteiger partial charge in [-0.1, -0.05) is 116 Å². The van der Waals surface area contributed by atoms with Crippen molar-refractivity contribution in [3.63, 3.8) is 0 Å². The quantitative estimate of drug-likeness (QED) is 0.180. The number of nitrogens with zero attached hydrogens (tertiary/aromatic N) is 5. The number of pyridine rings is 1. The van der Waals surface area contributed by atoms with E-state index in [4.69, 9.17) is 10.1 Å². The molecule has 0 saturated carbocycles. The molecule has 0 aliphatic carbocycles. The summed E-state index contributed by atoms with van der Waals surface area (Å²) in [7, 11) is 1.94. The van der Waals surface area contributed by atoms with Gasteiger partial charge in [0.1, 0.15) is 16.7 Å². The van der Waals surface area contributed by atoms with E-state index in [1.165, 1.54) is 16.7 Å². The molecule has 0 saturated heterocycles. The van der Waals surface area contributed by atoms with E-state index >= 15 is 0 Å². The van der Waals surface area contributed by atoms with Gasteiger partial charge in [-0.15, -0.1) is 0 Å². The van der Waals surface area contributed by atoms with Crippen LogP contribution in [0.25, 0.3) is 33.5 Å². The lowest BCUT2D eigenvalue weighted by molar-refractivity contribution is 0.477. The summed E-state index contributed by atoms with van der Waals surface area (Å²) in [6.07, 6.45) is 4.75. The first-order chi connectivity index (χ1) is 21.5. The Balaban J connectivity index is 1.66. The molecule has 0 aliphatic heterocycles. The third-order valence-corrected chi connectivity index (χ3v) is 8.85. The smallest absolute Gasteiger partial charge is 0.138 e. The zero-order valence-electron chi connectivity index (χ0n) is 25.6. The minimum Gasteiger partial charge on any atom is -0.275 e. The normalized spacial score (nSPS) is 11.7. The van der Waals surface area contributed by atoms with Gasteiger partial charge in [-0.2, -0.15) is 10.2 Å².